The smallest absolute Gasteiger partial charge is 0.162 e. The summed E-state index contributed by atoms with van der Waals surface area (Å²) in [7, 11) is 0. The van der Waals surface area contributed by atoms with Crippen molar-refractivity contribution in [3.63, 3.8) is 0 Å². The molecule has 3 aliphatic rings. The summed E-state index contributed by atoms with van der Waals surface area (Å²) in [5, 5.41) is 10.2. The number of Topliss-reactive ketones (excluding diaryl/α,β-unsaturated/α-hetero) is 1. The van der Waals surface area contributed by atoms with Crippen molar-refractivity contribution >= 4 is 17.3 Å². The average Bonchev–Trinajstić information content (AvgIpc) is 2.72. The summed E-state index contributed by atoms with van der Waals surface area (Å²) in [6, 6.07) is 19.9. The first kappa shape index (κ1) is 18.4. The number of nitrogens with two attached hydrogens (primary N) is 1. The molecule has 0 amide bonds. The molecule has 0 saturated carbocycles. The number of nitrogens with zero attached hydrogens (tertiary/aromatic N) is 3. The normalized spacial score (nSPS) is 22.0. The van der Waals surface area contributed by atoms with Gasteiger partial charge in [-0.2, -0.15) is 5.26 Å². The lowest BCUT2D eigenvalue weighted by Gasteiger charge is -2.45. The third-order valence-electron chi connectivity index (χ3n) is 6.10. The monoisotopic (exact) mass is 394 g/mol. The maximum atomic E-state index is 13.5. The minimum Gasteiger partial charge on any atom is -0.383 e. The molecule has 5 rings (SSSR count). The quantitative estimate of drug-likeness (QED) is 0.778. The van der Waals surface area contributed by atoms with Gasteiger partial charge >= 0.3 is 0 Å². The Bertz CT molecular complexity index is 1210. The van der Waals surface area contributed by atoms with Crippen LogP contribution in [-0.4, -0.2) is 11.6 Å². The molecular weight excluding hydrogens is 372 g/mol. The van der Waals surface area contributed by atoms with Crippen LogP contribution in [0.4, 0.5) is 5.69 Å². The van der Waals surface area contributed by atoms with E-state index in [1.807, 2.05) is 59.5 Å². The highest BCUT2D eigenvalue weighted by Crippen LogP contribution is 2.52. The van der Waals surface area contributed by atoms with Crippen LogP contribution < -0.4 is 10.6 Å². The van der Waals surface area contributed by atoms with E-state index in [2.05, 4.69) is 24.9 Å². The largest absolute Gasteiger partial charge is 0.383 e. The SMILES string of the molecule is CC1(C)CC(=O)C2=C(C1)N1C(=C(C#N)C2c2ccccc2)N=C(N)c2ccccc21. The molecule has 2 heterocycles. The first-order chi connectivity index (χ1) is 14.4. The molecule has 2 N–H and O–H groups in total. The van der Waals surface area contributed by atoms with Crippen LogP contribution in [0.25, 0.3) is 0 Å². The molecule has 1 unspecified atom stereocenters. The highest BCUT2D eigenvalue weighted by Gasteiger charge is 2.46. The van der Waals surface area contributed by atoms with Gasteiger partial charge in [0.25, 0.3) is 0 Å². The molecule has 30 heavy (non-hydrogen) atoms. The number of benzene rings is 2. The summed E-state index contributed by atoms with van der Waals surface area (Å²) in [6.07, 6.45) is 1.19. The molecule has 2 aromatic carbocycles. The van der Waals surface area contributed by atoms with Crippen molar-refractivity contribution in [3.8, 4) is 6.07 Å². The lowest BCUT2D eigenvalue weighted by atomic mass is 9.68. The molecule has 0 bridgehead atoms. The van der Waals surface area contributed by atoms with E-state index in [9.17, 15) is 10.1 Å². The van der Waals surface area contributed by atoms with Crippen LogP contribution in [0.3, 0.4) is 0 Å². The van der Waals surface area contributed by atoms with Crippen molar-refractivity contribution in [1.29, 1.82) is 5.26 Å². The zero-order valence-corrected chi connectivity index (χ0v) is 17.0. The molecule has 0 aromatic heterocycles. The van der Waals surface area contributed by atoms with E-state index in [0.29, 0.717) is 29.2 Å². The number of rotatable bonds is 1. The first-order valence-corrected chi connectivity index (χ1v) is 10.1. The van der Waals surface area contributed by atoms with Gasteiger partial charge in [0.15, 0.2) is 11.6 Å². The first-order valence-electron chi connectivity index (χ1n) is 10.1. The number of allylic oxidation sites excluding steroid dienone is 3. The Labute approximate surface area is 175 Å². The van der Waals surface area contributed by atoms with Crippen LogP contribution in [-0.2, 0) is 4.79 Å². The van der Waals surface area contributed by atoms with Gasteiger partial charge in [0, 0.05) is 23.3 Å². The van der Waals surface area contributed by atoms with Gasteiger partial charge in [-0.25, -0.2) is 4.99 Å². The number of amidine groups is 1. The third-order valence-corrected chi connectivity index (χ3v) is 6.10. The lowest BCUT2D eigenvalue weighted by molar-refractivity contribution is -0.118. The van der Waals surface area contributed by atoms with Gasteiger partial charge < -0.3 is 5.73 Å². The number of fused-ring (bicyclic) bond motifs is 4. The number of hydrogen-bond acceptors (Lipinski definition) is 5. The zero-order chi connectivity index (χ0) is 21.0. The van der Waals surface area contributed by atoms with Crippen LogP contribution in [0.5, 0.6) is 0 Å². The lowest BCUT2D eigenvalue weighted by Crippen LogP contribution is -2.42. The number of carbonyl (C=O) groups is 1. The van der Waals surface area contributed by atoms with E-state index in [-0.39, 0.29) is 11.2 Å². The van der Waals surface area contributed by atoms with Gasteiger partial charge in [-0.15, -0.1) is 0 Å². The Morgan fingerprint density at radius 2 is 1.80 bits per heavy atom. The number of carbonyl (C=O) groups excluding carboxylic acids is 1. The zero-order valence-electron chi connectivity index (χ0n) is 17.0. The maximum absolute atomic E-state index is 13.5. The number of anilines is 1. The number of para-hydroxylation sites is 1. The maximum Gasteiger partial charge on any atom is 0.162 e. The van der Waals surface area contributed by atoms with Gasteiger partial charge in [-0.05, 0) is 29.5 Å². The predicted octanol–water partition coefficient (Wildman–Crippen LogP) is 4.39. The fourth-order valence-electron chi connectivity index (χ4n) is 4.87. The Balaban J connectivity index is 1.86. The molecule has 2 aliphatic heterocycles. The highest BCUT2D eigenvalue weighted by molar-refractivity contribution is 6.08. The van der Waals surface area contributed by atoms with Crippen molar-refractivity contribution in [3.05, 3.63) is 88.4 Å². The van der Waals surface area contributed by atoms with E-state index in [0.717, 1.165) is 28.9 Å². The number of hydrogen-bond donors (Lipinski definition) is 1. The van der Waals surface area contributed by atoms with E-state index in [4.69, 9.17) is 5.73 Å². The van der Waals surface area contributed by atoms with Crippen LogP contribution >= 0.6 is 0 Å². The van der Waals surface area contributed by atoms with Crippen LogP contribution in [0.1, 0.15) is 43.7 Å². The molecule has 1 atom stereocenters. The Morgan fingerprint density at radius 3 is 2.53 bits per heavy atom. The third kappa shape index (κ3) is 2.61. The molecule has 5 nitrogen and oxygen atoms in total. The summed E-state index contributed by atoms with van der Waals surface area (Å²) >= 11 is 0. The molecule has 148 valence electrons. The summed E-state index contributed by atoms with van der Waals surface area (Å²) in [5.74, 6) is 0.596. The minimum absolute atomic E-state index is 0.0990. The predicted molar refractivity (Wildman–Crippen MR) is 117 cm³/mol. The standard InChI is InChI=1S/C25H22N4O/c1-25(2)12-19-22(20(30)13-25)21(15-8-4-3-5-9-15)17(14-26)24-28-23(27)16-10-6-7-11-18(16)29(19)24/h3-11,21H,12-13H2,1-2H3,(H2,27,28). The van der Waals surface area contributed by atoms with E-state index < -0.39 is 5.92 Å². The van der Waals surface area contributed by atoms with E-state index in [1.165, 1.54) is 0 Å². The minimum atomic E-state index is -0.428. The second kappa shape index (κ2) is 6.43. The van der Waals surface area contributed by atoms with Crippen LogP contribution in [0.15, 0.2) is 82.3 Å². The Hall–Kier alpha value is -3.65. The number of nitriles is 1. The number of aliphatic imine (C=N–C) groups is 1. The van der Waals surface area contributed by atoms with Gasteiger partial charge in [-0.1, -0.05) is 56.3 Å². The Kier molecular flexibility index (Phi) is 3.94. The topological polar surface area (TPSA) is 82.5 Å². The molecule has 5 heteroatoms. The molecule has 0 radical (unpaired) electrons. The molecule has 0 spiro atoms. The van der Waals surface area contributed by atoms with Crippen LogP contribution in [0.2, 0.25) is 0 Å². The van der Waals surface area contributed by atoms with Crippen molar-refractivity contribution < 1.29 is 4.79 Å². The fraction of sp³-hybridized carbons (Fsp3) is 0.240. The van der Waals surface area contributed by atoms with Crippen LogP contribution in [0, 0.1) is 16.7 Å². The molecule has 0 saturated heterocycles. The van der Waals surface area contributed by atoms with Gasteiger partial charge in [0.1, 0.15) is 5.84 Å². The second-order valence-corrected chi connectivity index (χ2v) is 8.84. The Morgan fingerprint density at radius 1 is 1.10 bits per heavy atom. The molecule has 1 aliphatic carbocycles. The van der Waals surface area contributed by atoms with Crippen molar-refractivity contribution in [2.24, 2.45) is 16.1 Å². The molecule has 2 aromatic rings. The van der Waals surface area contributed by atoms with Crippen molar-refractivity contribution in [2.45, 2.75) is 32.6 Å². The van der Waals surface area contributed by atoms with Gasteiger partial charge in [-0.3, -0.25) is 9.69 Å². The summed E-state index contributed by atoms with van der Waals surface area (Å²) in [5.41, 5.74) is 10.9. The second-order valence-electron chi connectivity index (χ2n) is 8.84. The average molecular weight is 394 g/mol. The van der Waals surface area contributed by atoms with Gasteiger partial charge in [0.2, 0.25) is 0 Å². The van der Waals surface area contributed by atoms with E-state index in [1.54, 1.807) is 0 Å². The fourth-order valence-corrected chi connectivity index (χ4v) is 4.87. The molecule has 0 fully saturated rings. The number of ketones is 1. The van der Waals surface area contributed by atoms with Crippen molar-refractivity contribution in [2.75, 3.05) is 4.90 Å². The molecular formula is C25H22N4O. The van der Waals surface area contributed by atoms with Crippen molar-refractivity contribution in [1.82, 2.24) is 0 Å². The summed E-state index contributed by atoms with van der Waals surface area (Å²) in [4.78, 5) is 20.1. The summed E-state index contributed by atoms with van der Waals surface area (Å²) in [6.45, 7) is 4.23. The summed E-state index contributed by atoms with van der Waals surface area (Å²) < 4.78 is 0. The van der Waals surface area contributed by atoms with Gasteiger partial charge in [0.05, 0.1) is 23.2 Å². The van der Waals surface area contributed by atoms with E-state index >= 15 is 0 Å². The highest BCUT2D eigenvalue weighted by atomic mass is 16.1.